The number of amides is 2. The zero-order valence-electron chi connectivity index (χ0n) is 40.8. The van der Waals surface area contributed by atoms with Crippen LogP contribution in [0.5, 0.6) is 0 Å². The number of hydrogen-bond acceptors (Lipinski definition) is 6. The first-order chi connectivity index (χ1) is 35.9. The maximum Gasteiger partial charge on any atom is 0.419 e. The van der Waals surface area contributed by atoms with Crippen molar-refractivity contribution in [1.82, 2.24) is 19.6 Å². The van der Waals surface area contributed by atoms with Crippen LogP contribution in [0, 0.1) is 29.9 Å². The molecular weight excluding hydrogens is 1080 g/mol. The zero-order chi connectivity index (χ0) is 55.4. The summed E-state index contributed by atoms with van der Waals surface area (Å²) in [6.07, 6.45) is -8.49. The summed E-state index contributed by atoms with van der Waals surface area (Å²) in [5.74, 6) is -3.44. The number of alkyl halides is 6. The number of likely N-dealkylation sites (tertiary alicyclic amines) is 2. The highest BCUT2D eigenvalue weighted by Crippen LogP contribution is 2.39. The van der Waals surface area contributed by atoms with Crippen LogP contribution in [0.2, 0.25) is 20.1 Å². The molecular formula is C56H47Cl4F8N5O3. The van der Waals surface area contributed by atoms with Crippen molar-refractivity contribution in [3.63, 3.8) is 0 Å². The van der Waals surface area contributed by atoms with E-state index in [4.69, 9.17) is 46.4 Å². The smallest absolute Gasteiger partial charge is 0.336 e. The third kappa shape index (κ3) is 13.5. The third-order valence-corrected chi connectivity index (χ3v) is 15.2. The Balaban J connectivity index is 0.000000221. The Hall–Kier alpha value is -6.06. The molecule has 6 aromatic rings. The van der Waals surface area contributed by atoms with Crippen LogP contribution in [0.4, 0.5) is 35.1 Å². The molecule has 8 rings (SSSR count). The molecule has 2 fully saturated rings. The lowest BCUT2D eigenvalue weighted by atomic mass is 9.93. The monoisotopic (exact) mass is 1130 g/mol. The SMILES string of the molecule is CN(Cc1ccc(C(F)(F)F)c(F)c1)C1CN(C(=O)c2ccc(CC=O)cc2)CC1c1ccc(Cl)c(Cl)c1.Cc1cc(C(=O)N2CC(c3ccc(Cl)c(Cl)c3)C(N(C)Cc3ccc(C(F)(F)F)c(F)c3)C2)ccc1C#N. The summed E-state index contributed by atoms with van der Waals surface area (Å²) >= 11 is 24.8. The number of carbonyl (C=O) groups excluding carboxylic acids is 3. The van der Waals surface area contributed by atoms with E-state index in [9.17, 15) is 54.8 Å². The van der Waals surface area contributed by atoms with Crippen LogP contribution in [0.3, 0.4) is 0 Å². The number of aryl methyl sites for hydroxylation is 1. The fraction of sp³-hybridized carbons (Fsp3) is 0.286. The number of aldehydes is 1. The lowest BCUT2D eigenvalue weighted by molar-refractivity contribution is -0.140. The largest absolute Gasteiger partial charge is 0.419 e. The highest BCUT2D eigenvalue weighted by molar-refractivity contribution is 6.42. The third-order valence-electron chi connectivity index (χ3n) is 13.7. The van der Waals surface area contributed by atoms with Gasteiger partial charge in [-0.25, -0.2) is 8.78 Å². The predicted octanol–water partition coefficient (Wildman–Crippen LogP) is 13.7. The normalized spacial score (nSPS) is 17.7. The Morgan fingerprint density at radius 1 is 0.592 bits per heavy atom. The maximum absolute atomic E-state index is 14.2. The standard InChI is InChI=1S/C28H23Cl2F4N3O.C28H24Cl2F4N2O2/c1-16-9-19(4-5-20(16)12-35)27(38)37-14-21(18-6-8-23(29)24(30)11-18)26(15-37)36(2)13-17-3-7-22(25(31)10-17)28(32,33)34;1-35(14-18-4-8-22(25(31)12-18)28(32,33)34)26-16-36(15-21(26)20-7-9-23(29)24(30)13-20)27(38)19-5-2-17(3-6-19)10-11-37/h3-11,21,26H,13-15H2,1-2H3;2-9,11-13,21,26H,10,14-16H2,1H3. The molecule has 76 heavy (non-hydrogen) atoms. The van der Waals surface area contributed by atoms with E-state index in [-0.39, 0.29) is 55.2 Å². The quantitative estimate of drug-likeness (QED) is 0.0896. The fourth-order valence-corrected chi connectivity index (χ4v) is 10.3. The van der Waals surface area contributed by atoms with Crippen LogP contribution in [-0.4, -0.2) is 90.1 Å². The molecule has 0 N–H and O–H groups in total. The second-order valence-corrected chi connectivity index (χ2v) is 20.4. The summed E-state index contributed by atoms with van der Waals surface area (Å²) in [7, 11) is 3.57. The van der Waals surface area contributed by atoms with Gasteiger partial charge in [-0.05, 0) is 133 Å². The molecule has 8 nitrogen and oxygen atoms in total. The van der Waals surface area contributed by atoms with Crippen molar-refractivity contribution in [2.45, 2.75) is 62.7 Å². The molecule has 0 aliphatic carbocycles. The fourth-order valence-electron chi connectivity index (χ4n) is 9.69. The second kappa shape index (κ2) is 24.1. The Kier molecular flexibility index (Phi) is 18.3. The van der Waals surface area contributed by atoms with E-state index in [1.807, 2.05) is 21.9 Å². The summed E-state index contributed by atoms with van der Waals surface area (Å²) < 4.78 is 106. The van der Waals surface area contributed by atoms with Crippen molar-refractivity contribution in [3.8, 4) is 6.07 Å². The average molecular weight is 1130 g/mol. The van der Waals surface area contributed by atoms with Gasteiger partial charge in [-0.15, -0.1) is 0 Å². The van der Waals surface area contributed by atoms with Crippen LogP contribution < -0.4 is 0 Å². The summed E-state index contributed by atoms with van der Waals surface area (Å²) in [5.41, 5.74) is 2.72. The van der Waals surface area contributed by atoms with E-state index in [0.717, 1.165) is 47.2 Å². The molecule has 0 saturated carbocycles. The van der Waals surface area contributed by atoms with E-state index in [1.54, 1.807) is 97.5 Å². The van der Waals surface area contributed by atoms with Crippen molar-refractivity contribution >= 4 is 64.5 Å². The van der Waals surface area contributed by atoms with Gasteiger partial charge >= 0.3 is 12.4 Å². The second-order valence-electron chi connectivity index (χ2n) is 18.8. The first-order valence-electron chi connectivity index (χ1n) is 23.5. The van der Waals surface area contributed by atoms with Gasteiger partial charge in [-0.2, -0.15) is 31.6 Å². The first kappa shape index (κ1) is 57.6. The number of benzene rings is 6. The maximum atomic E-state index is 14.2. The van der Waals surface area contributed by atoms with Crippen LogP contribution >= 0.6 is 46.4 Å². The van der Waals surface area contributed by atoms with E-state index in [1.165, 1.54) is 12.1 Å². The van der Waals surface area contributed by atoms with E-state index in [2.05, 4.69) is 6.07 Å². The zero-order valence-corrected chi connectivity index (χ0v) is 43.8. The molecule has 20 heteroatoms. The van der Waals surface area contributed by atoms with Gasteiger partial charge in [-0.1, -0.05) is 82.8 Å². The van der Waals surface area contributed by atoms with Crippen molar-refractivity contribution < 1.29 is 49.5 Å². The summed E-state index contributed by atoms with van der Waals surface area (Å²) in [4.78, 5) is 44.7. The summed E-state index contributed by atoms with van der Waals surface area (Å²) in [6, 6.07) is 29.6. The molecule has 0 spiro atoms. The van der Waals surface area contributed by atoms with Crippen LogP contribution in [0.15, 0.2) is 115 Å². The molecule has 2 heterocycles. The molecule has 2 amide bonds. The van der Waals surface area contributed by atoms with E-state index < -0.39 is 35.1 Å². The highest BCUT2D eigenvalue weighted by atomic mass is 35.5. The molecule has 2 saturated heterocycles. The lowest BCUT2D eigenvalue weighted by Gasteiger charge is -2.29. The van der Waals surface area contributed by atoms with Gasteiger partial charge < -0.3 is 14.6 Å². The van der Waals surface area contributed by atoms with Gasteiger partial charge in [0.25, 0.3) is 11.8 Å². The number of carbonyl (C=O) groups is 3. The highest BCUT2D eigenvalue weighted by Gasteiger charge is 2.41. The molecule has 398 valence electrons. The minimum Gasteiger partial charge on any atom is -0.336 e. The summed E-state index contributed by atoms with van der Waals surface area (Å²) in [6.45, 7) is 3.46. The Morgan fingerprint density at radius 3 is 1.39 bits per heavy atom. The first-order valence-corrected chi connectivity index (χ1v) is 25.0. The Labute approximate surface area is 453 Å². The number of halogens is 12. The van der Waals surface area contributed by atoms with Gasteiger partial charge in [-0.3, -0.25) is 19.4 Å². The number of hydrogen-bond donors (Lipinski definition) is 0. The van der Waals surface area contributed by atoms with Crippen molar-refractivity contribution in [2.75, 3.05) is 40.3 Å². The van der Waals surface area contributed by atoms with Gasteiger partial charge in [0.1, 0.15) is 17.9 Å². The molecule has 0 radical (unpaired) electrons. The van der Waals surface area contributed by atoms with E-state index in [0.29, 0.717) is 79.7 Å². The topological polar surface area (TPSA) is 88.0 Å². The number of nitrogens with zero attached hydrogens (tertiary/aromatic N) is 5. The van der Waals surface area contributed by atoms with Crippen molar-refractivity contribution in [1.29, 1.82) is 5.26 Å². The number of nitriles is 1. The number of likely N-dealkylation sites (N-methyl/N-ethyl adjacent to an activating group) is 2. The van der Waals surface area contributed by atoms with E-state index >= 15 is 0 Å². The van der Waals surface area contributed by atoms with Crippen LogP contribution in [0.1, 0.15) is 82.6 Å². The van der Waals surface area contributed by atoms with Crippen molar-refractivity contribution in [3.05, 3.63) is 208 Å². The average Bonchev–Trinajstić information content (AvgIpc) is 4.03. The molecule has 2 aliphatic rings. The molecule has 4 unspecified atom stereocenters. The molecule has 0 bridgehead atoms. The summed E-state index contributed by atoms with van der Waals surface area (Å²) in [5, 5.41) is 10.7. The van der Waals surface area contributed by atoms with Gasteiger partial charge in [0.05, 0.1) is 42.9 Å². The molecule has 0 aromatic heterocycles. The van der Waals surface area contributed by atoms with Gasteiger partial charge in [0.2, 0.25) is 0 Å². The molecule has 2 aliphatic heterocycles. The molecule has 6 aromatic carbocycles. The predicted molar refractivity (Wildman–Crippen MR) is 276 cm³/mol. The van der Waals surface area contributed by atoms with Crippen LogP contribution in [-0.2, 0) is 36.7 Å². The minimum absolute atomic E-state index is 0.162. The number of rotatable bonds is 12. The van der Waals surface area contributed by atoms with Crippen LogP contribution in [0.25, 0.3) is 0 Å². The minimum atomic E-state index is -4.77. The van der Waals surface area contributed by atoms with Gasteiger partial charge in [0.15, 0.2) is 0 Å². The Morgan fingerprint density at radius 2 is 1.01 bits per heavy atom. The molecule has 4 atom stereocenters. The lowest BCUT2D eigenvalue weighted by Crippen LogP contribution is -2.38. The van der Waals surface area contributed by atoms with Crippen molar-refractivity contribution in [2.24, 2.45) is 0 Å². The Bertz CT molecular complexity index is 3170. The van der Waals surface area contributed by atoms with Gasteiger partial charge in [0, 0.05) is 80.7 Å².